The molecule has 224 valence electrons. The van der Waals surface area contributed by atoms with E-state index in [9.17, 15) is 0 Å². The summed E-state index contributed by atoms with van der Waals surface area (Å²) in [5.41, 5.74) is 5.01. The monoisotopic (exact) mass is 582 g/mol. The van der Waals surface area contributed by atoms with E-state index in [-0.39, 0.29) is 12.1 Å². The van der Waals surface area contributed by atoms with Gasteiger partial charge in [-0.2, -0.15) is 9.97 Å². The third-order valence-corrected chi connectivity index (χ3v) is 8.92. The molecule has 1 aromatic carbocycles. The third kappa shape index (κ3) is 5.62. The van der Waals surface area contributed by atoms with E-state index in [1.54, 1.807) is 17.4 Å². The molecule has 2 aliphatic rings. The Kier molecular flexibility index (Phi) is 7.58. The Morgan fingerprint density at radius 1 is 0.953 bits per heavy atom. The Morgan fingerprint density at radius 2 is 1.70 bits per heavy atom. The Labute approximate surface area is 250 Å². The topological polar surface area (TPSA) is 123 Å². The number of piperidine rings is 2. The van der Waals surface area contributed by atoms with Crippen LogP contribution in [0.15, 0.2) is 63.7 Å². The van der Waals surface area contributed by atoms with E-state index >= 15 is 0 Å². The molecule has 43 heavy (non-hydrogen) atoms. The lowest BCUT2D eigenvalue weighted by atomic mass is 9.82. The third-order valence-electron chi connectivity index (χ3n) is 8.92. The van der Waals surface area contributed by atoms with Crippen molar-refractivity contribution in [1.82, 2.24) is 24.8 Å². The summed E-state index contributed by atoms with van der Waals surface area (Å²) in [6.07, 6.45) is 7.28. The van der Waals surface area contributed by atoms with Gasteiger partial charge in [-0.15, -0.1) is 0 Å². The zero-order chi connectivity index (χ0) is 29.3. The molecule has 0 aliphatic carbocycles. The normalized spacial score (nSPS) is 20.2. The van der Waals surface area contributed by atoms with Gasteiger partial charge in [0.05, 0.1) is 12.6 Å². The fraction of sp³-hybridized carbons (Fsp3) is 0.438. The fourth-order valence-corrected chi connectivity index (χ4v) is 6.63. The van der Waals surface area contributed by atoms with E-state index in [1.165, 1.54) is 11.1 Å². The number of anilines is 2. The molecule has 2 N–H and O–H groups in total. The van der Waals surface area contributed by atoms with E-state index in [1.807, 2.05) is 31.2 Å². The molecule has 2 unspecified atom stereocenters. The zero-order valence-electron chi connectivity index (χ0n) is 24.7. The zero-order valence-corrected chi connectivity index (χ0v) is 24.7. The molecule has 2 saturated heterocycles. The van der Waals surface area contributed by atoms with Crippen molar-refractivity contribution < 1.29 is 13.6 Å². The maximum atomic E-state index is 6.69. The van der Waals surface area contributed by atoms with Gasteiger partial charge in [0.1, 0.15) is 5.75 Å². The molecule has 0 bridgehead atoms. The quantitative estimate of drug-likeness (QED) is 0.194. The Bertz CT molecular complexity index is 1630. The Balaban J connectivity index is 1.09. The number of aryl methyl sites for hydroxylation is 1. The summed E-state index contributed by atoms with van der Waals surface area (Å²) in [6.45, 7) is 8.53. The predicted octanol–water partition coefficient (Wildman–Crippen LogP) is 5.10. The van der Waals surface area contributed by atoms with Crippen LogP contribution < -0.4 is 20.5 Å². The van der Waals surface area contributed by atoms with E-state index in [0.717, 1.165) is 57.6 Å². The van der Waals surface area contributed by atoms with Crippen molar-refractivity contribution in [2.24, 2.45) is 11.8 Å². The molecule has 7 rings (SSSR count). The van der Waals surface area contributed by atoms with Crippen LogP contribution in [0.25, 0.3) is 22.5 Å². The minimum Gasteiger partial charge on any atom is -0.494 e. The first-order valence-electron chi connectivity index (χ1n) is 15.2. The van der Waals surface area contributed by atoms with Gasteiger partial charge in [-0.25, -0.2) is 15.8 Å². The van der Waals surface area contributed by atoms with Crippen LogP contribution in [0, 0.1) is 12.8 Å². The highest BCUT2D eigenvalue weighted by Crippen LogP contribution is 2.37. The molecule has 6 heterocycles. The second-order valence-corrected chi connectivity index (χ2v) is 11.6. The van der Waals surface area contributed by atoms with Crippen molar-refractivity contribution >= 4 is 34.5 Å². The molecule has 11 nitrogen and oxygen atoms in total. The summed E-state index contributed by atoms with van der Waals surface area (Å²) in [7, 11) is 0. The number of ether oxygens (including phenoxy) is 1. The first-order chi connectivity index (χ1) is 21.1. The van der Waals surface area contributed by atoms with Crippen LogP contribution in [0.2, 0.25) is 0 Å². The number of rotatable bonds is 8. The summed E-state index contributed by atoms with van der Waals surface area (Å²) < 4.78 is 18.1. The van der Waals surface area contributed by atoms with Crippen molar-refractivity contribution in [3.05, 3.63) is 66.0 Å². The summed E-state index contributed by atoms with van der Waals surface area (Å²) in [5, 5.41) is 1.70. The molecule has 0 spiro atoms. The predicted molar refractivity (Wildman–Crippen MR) is 165 cm³/mol. The second kappa shape index (κ2) is 11.8. The fourth-order valence-electron chi connectivity index (χ4n) is 6.63. The molecule has 0 amide bonds. The lowest BCUT2D eigenvalue weighted by molar-refractivity contribution is 0.146. The molecular formula is C32H38N8O3. The smallest absolute Gasteiger partial charge is 0.314 e. The molecule has 0 radical (unpaired) electrons. The molecular weight excluding hydrogens is 544 g/mol. The highest BCUT2D eigenvalue weighted by atomic mass is 16.5. The van der Waals surface area contributed by atoms with E-state index < -0.39 is 0 Å². The number of pyridine rings is 2. The molecule has 11 heteroatoms. The lowest BCUT2D eigenvalue weighted by Crippen LogP contribution is -2.56. The van der Waals surface area contributed by atoms with E-state index in [4.69, 9.17) is 24.4 Å². The van der Waals surface area contributed by atoms with Crippen LogP contribution in [-0.2, 0) is 6.54 Å². The van der Waals surface area contributed by atoms with Crippen LogP contribution >= 0.6 is 0 Å². The number of hydrogen-bond acceptors (Lipinski definition) is 11. The number of fused-ring (bicyclic) bond motifs is 2. The van der Waals surface area contributed by atoms with Crippen LogP contribution in [0.1, 0.15) is 43.7 Å². The average molecular weight is 583 g/mol. The second-order valence-electron chi connectivity index (χ2n) is 11.6. The summed E-state index contributed by atoms with van der Waals surface area (Å²) in [4.78, 5) is 22.9. The summed E-state index contributed by atoms with van der Waals surface area (Å²) in [6, 6.07) is 15.4. The number of benzene rings is 1. The van der Waals surface area contributed by atoms with Gasteiger partial charge in [0, 0.05) is 31.5 Å². The number of oxazole rings is 2. The van der Waals surface area contributed by atoms with Crippen molar-refractivity contribution in [1.29, 1.82) is 0 Å². The first-order valence-corrected chi connectivity index (χ1v) is 15.2. The van der Waals surface area contributed by atoms with Gasteiger partial charge in [0.25, 0.3) is 6.01 Å². The standard InChI is InChI=1S/C32H38N8O3/c1-3-41-28-18-22(9-8-21(28)2)20-38-15-10-23(11-16-38)25-19-24(40(33)32-37-30-27(43-32)7-5-14-35-30)12-17-39(25)31-36-29-26(42-31)6-4-13-34-29/h4-9,13-14,18,23-25H,3,10-12,15-17,19-20,33H2,1-2H3. The van der Waals surface area contributed by atoms with Gasteiger partial charge in [-0.1, -0.05) is 12.1 Å². The summed E-state index contributed by atoms with van der Waals surface area (Å²) >= 11 is 0. The van der Waals surface area contributed by atoms with Gasteiger partial charge in [0.2, 0.25) is 11.3 Å². The highest BCUT2D eigenvalue weighted by Gasteiger charge is 2.40. The van der Waals surface area contributed by atoms with Gasteiger partial charge < -0.3 is 18.5 Å². The molecule has 2 aliphatic heterocycles. The Hall–Kier alpha value is -4.22. The van der Waals surface area contributed by atoms with Crippen molar-refractivity contribution in [3.63, 3.8) is 0 Å². The van der Waals surface area contributed by atoms with Gasteiger partial charge >= 0.3 is 6.01 Å². The molecule has 2 fully saturated rings. The average Bonchev–Trinajstić information content (AvgIpc) is 3.67. The maximum Gasteiger partial charge on any atom is 0.314 e. The SMILES string of the molecule is CCOc1cc(CN2CCC(C3CC(N(N)c4nc5ncccc5o4)CCN3c3nc4ncccc4o3)CC2)ccc1C. The minimum atomic E-state index is 0.0550. The number of likely N-dealkylation sites (tertiary alicyclic amines) is 1. The molecule has 2 atom stereocenters. The maximum absolute atomic E-state index is 6.69. The van der Waals surface area contributed by atoms with E-state index in [2.05, 4.69) is 49.9 Å². The minimum absolute atomic E-state index is 0.0550. The highest BCUT2D eigenvalue weighted by molar-refractivity contribution is 5.70. The van der Waals surface area contributed by atoms with Crippen LogP contribution in [0.5, 0.6) is 5.75 Å². The molecule has 4 aromatic heterocycles. The molecule has 5 aromatic rings. The number of nitrogens with two attached hydrogens (primary N) is 1. The van der Waals surface area contributed by atoms with Crippen molar-refractivity contribution in [3.8, 4) is 5.75 Å². The van der Waals surface area contributed by atoms with E-state index in [0.29, 0.717) is 47.0 Å². The van der Waals surface area contributed by atoms with Crippen molar-refractivity contribution in [2.75, 3.05) is 36.1 Å². The number of aromatic nitrogens is 4. The lowest BCUT2D eigenvalue weighted by Gasteiger charge is -2.46. The first kappa shape index (κ1) is 27.6. The van der Waals surface area contributed by atoms with Gasteiger partial charge in [-0.3, -0.25) is 9.91 Å². The van der Waals surface area contributed by atoms with Crippen molar-refractivity contribution in [2.45, 2.75) is 58.2 Å². The van der Waals surface area contributed by atoms with Crippen LogP contribution in [-0.4, -0.2) is 63.2 Å². The van der Waals surface area contributed by atoms with Crippen LogP contribution in [0.4, 0.5) is 12.0 Å². The number of hydrogen-bond donors (Lipinski definition) is 1. The van der Waals surface area contributed by atoms with Gasteiger partial charge in [-0.05, 0) is 100.0 Å². The summed E-state index contributed by atoms with van der Waals surface area (Å²) in [5.74, 6) is 8.12. The molecule has 0 saturated carbocycles. The Morgan fingerprint density at radius 3 is 2.42 bits per heavy atom. The van der Waals surface area contributed by atoms with Gasteiger partial charge in [0.15, 0.2) is 11.2 Å². The van der Waals surface area contributed by atoms with Crippen LogP contribution in [0.3, 0.4) is 0 Å². The largest absolute Gasteiger partial charge is 0.494 e. The number of hydrazine groups is 1. The number of nitrogens with zero attached hydrogens (tertiary/aromatic N) is 7.